The van der Waals surface area contributed by atoms with Gasteiger partial charge in [-0.1, -0.05) is 25.5 Å². The largest absolute Gasteiger partial charge is 0.290 e. The Morgan fingerprint density at radius 3 is 2.27 bits per heavy atom. The maximum atomic E-state index is 4.44. The van der Waals surface area contributed by atoms with Gasteiger partial charge in [-0.2, -0.15) is 0 Å². The van der Waals surface area contributed by atoms with Crippen LogP contribution in [0.3, 0.4) is 0 Å². The van der Waals surface area contributed by atoms with Crippen LogP contribution in [-0.2, 0) is 0 Å². The summed E-state index contributed by atoms with van der Waals surface area (Å²) in [4.78, 5) is 4.44. The lowest BCUT2D eigenvalue weighted by Gasteiger charge is -2.03. The van der Waals surface area contributed by atoms with Gasteiger partial charge in [0.05, 0.1) is 6.54 Å². The summed E-state index contributed by atoms with van der Waals surface area (Å²) in [6, 6.07) is 0. The normalized spacial score (nSPS) is 14.4. The molecule has 64 valence electrons. The molecule has 0 unspecified atom stereocenters. The van der Waals surface area contributed by atoms with E-state index in [1.807, 2.05) is 0 Å². The van der Waals surface area contributed by atoms with Crippen molar-refractivity contribution in [1.29, 1.82) is 0 Å². The molecule has 0 saturated carbocycles. The standard InChI is InChI=1S/C10H19N/c1-6-9(4)7-11-10(5)8(2)3/h6,8H,7H2,1-5H3/b9-6+,11-10+. The van der Waals surface area contributed by atoms with Crippen molar-refractivity contribution in [3.8, 4) is 0 Å². The van der Waals surface area contributed by atoms with Gasteiger partial charge in [0.1, 0.15) is 0 Å². The molecule has 0 radical (unpaired) electrons. The molecule has 0 fully saturated rings. The molecule has 0 aromatic heterocycles. The van der Waals surface area contributed by atoms with E-state index in [2.05, 4.69) is 45.7 Å². The summed E-state index contributed by atoms with van der Waals surface area (Å²) < 4.78 is 0. The molecule has 1 nitrogen and oxygen atoms in total. The number of rotatable bonds is 3. The minimum absolute atomic E-state index is 0.583. The predicted octanol–water partition coefficient (Wildman–Crippen LogP) is 3.07. The molecule has 0 amide bonds. The van der Waals surface area contributed by atoms with E-state index < -0.39 is 0 Å². The molecule has 11 heavy (non-hydrogen) atoms. The monoisotopic (exact) mass is 153 g/mol. The van der Waals surface area contributed by atoms with Gasteiger partial charge in [0.25, 0.3) is 0 Å². The van der Waals surface area contributed by atoms with Gasteiger partial charge in [0.15, 0.2) is 0 Å². The van der Waals surface area contributed by atoms with Gasteiger partial charge in [-0.15, -0.1) is 0 Å². The van der Waals surface area contributed by atoms with E-state index in [-0.39, 0.29) is 0 Å². The first-order valence-electron chi connectivity index (χ1n) is 4.20. The molecule has 0 aromatic rings. The molecule has 1 heteroatoms. The second-order valence-corrected chi connectivity index (χ2v) is 3.25. The highest BCUT2D eigenvalue weighted by Crippen LogP contribution is 1.99. The minimum atomic E-state index is 0.583. The lowest BCUT2D eigenvalue weighted by Crippen LogP contribution is -2.02. The molecule has 0 bridgehead atoms. The molecular weight excluding hydrogens is 134 g/mol. The van der Waals surface area contributed by atoms with E-state index in [1.165, 1.54) is 11.3 Å². The fourth-order valence-electron chi connectivity index (χ4n) is 0.523. The Morgan fingerprint density at radius 1 is 1.36 bits per heavy atom. The summed E-state index contributed by atoms with van der Waals surface area (Å²) in [5.74, 6) is 0.583. The molecule has 0 saturated heterocycles. The summed E-state index contributed by atoms with van der Waals surface area (Å²) in [5.41, 5.74) is 2.58. The van der Waals surface area contributed by atoms with Gasteiger partial charge >= 0.3 is 0 Å². The molecule has 0 aromatic carbocycles. The SMILES string of the molecule is C/C=C(\C)C/N=C(\C)C(C)C. The minimum Gasteiger partial charge on any atom is -0.290 e. The van der Waals surface area contributed by atoms with Crippen molar-refractivity contribution in [2.45, 2.75) is 34.6 Å². The zero-order chi connectivity index (χ0) is 8.85. The lowest BCUT2D eigenvalue weighted by atomic mass is 10.1. The molecule has 0 aliphatic carbocycles. The van der Waals surface area contributed by atoms with E-state index in [0.717, 1.165) is 6.54 Å². The highest BCUT2D eigenvalue weighted by Gasteiger charge is 1.95. The van der Waals surface area contributed by atoms with Crippen LogP contribution in [0.15, 0.2) is 16.6 Å². The Bertz CT molecular complexity index is 164. The topological polar surface area (TPSA) is 12.4 Å². The van der Waals surface area contributed by atoms with E-state index in [9.17, 15) is 0 Å². The first-order chi connectivity index (χ1) is 5.07. The molecule has 0 rings (SSSR count). The Kier molecular flexibility index (Phi) is 4.84. The van der Waals surface area contributed by atoms with E-state index in [4.69, 9.17) is 0 Å². The van der Waals surface area contributed by atoms with E-state index >= 15 is 0 Å². The van der Waals surface area contributed by atoms with Crippen LogP contribution in [-0.4, -0.2) is 12.3 Å². The Hall–Kier alpha value is -0.590. The van der Waals surface area contributed by atoms with Crippen LogP contribution in [0.4, 0.5) is 0 Å². The van der Waals surface area contributed by atoms with Crippen molar-refractivity contribution in [2.75, 3.05) is 6.54 Å². The van der Waals surface area contributed by atoms with Gasteiger partial charge in [-0.3, -0.25) is 4.99 Å². The first kappa shape index (κ1) is 10.4. The van der Waals surface area contributed by atoms with E-state index in [0.29, 0.717) is 5.92 Å². The quantitative estimate of drug-likeness (QED) is 0.436. The van der Waals surface area contributed by atoms with Crippen molar-refractivity contribution >= 4 is 5.71 Å². The van der Waals surface area contributed by atoms with Crippen molar-refractivity contribution in [3.05, 3.63) is 11.6 Å². The predicted molar refractivity (Wildman–Crippen MR) is 52.2 cm³/mol. The molecule has 0 spiro atoms. The highest BCUT2D eigenvalue weighted by molar-refractivity contribution is 5.83. The second kappa shape index (κ2) is 5.11. The smallest absolute Gasteiger partial charge is 0.0596 e. The second-order valence-electron chi connectivity index (χ2n) is 3.25. The van der Waals surface area contributed by atoms with Gasteiger partial charge in [0.2, 0.25) is 0 Å². The van der Waals surface area contributed by atoms with Gasteiger partial charge < -0.3 is 0 Å². The average molecular weight is 153 g/mol. The van der Waals surface area contributed by atoms with E-state index in [1.54, 1.807) is 0 Å². The summed E-state index contributed by atoms with van der Waals surface area (Å²) in [5, 5.41) is 0. The third kappa shape index (κ3) is 4.77. The van der Waals surface area contributed by atoms with Crippen LogP contribution >= 0.6 is 0 Å². The number of allylic oxidation sites excluding steroid dienone is 1. The fraction of sp³-hybridized carbons (Fsp3) is 0.700. The summed E-state index contributed by atoms with van der Waals surface area (Å²) >= 11 is 0. The van der Waals surface area contributed by atoms with Crippen molar-refractivity contribution < 1.29 is 0 Å². The molecule has 0 aliphatic heterocycles. The molecule has 0 N–H and O–H groups in total. The first-order valence-corrected chi connectivity index (χ1v) is 4.20. The Morgan fingerprint density at radius 2 is 1.91 bits per heavy atom. The lowest BCUT2D eigenvalue weighted by molar-refractivity contribution is 0.868. The number of nitrogens with zero attached hydrogens (tertiary/aromatic N) is 1. The van der Waals surface area contributed by atoms with Gasteiger partial charge in [-0.25, -0.2) is 0 Å². The third-order valence-corrected chi connectivity index (χ3v) is 1.91. The van der Waals surface area contributed by atoms with Crippen LogP contribution in [0.5, 0.6) is 0 Å². The van der Waals surface area contributed by atoms with Crippen LogP contribution < -0.4 is 0 Å². The van der Waals surface area contributed by atoms with Crippen LogP contribution in [0, 0.1) is 5.92 Å². The van der Waals surface area contributed by atoms with Crippen LogP contribution in [0.2, 0.25) is 0 Å². The molecule has 0 aliphatic rings. The molecule has 0 atom stereocenters. The summed E-state index contributed by atoms with van der Waals surface area (Å²) in [7, 11) is 0. The Labute approximate surface area is 70.2 Å². The summed E-state index contributed by atoms with van der Waals surface area (Å²) in [6.07, 6.45) is 2.11. The summed E-state index contributed by atoms with van der Waals surface area (Å²) in [6.45, 7) is 11.5. The van der Waals surface area contributed by atoms with Gasteiger partial charge in [-0.05, 0) is 26.7 Å². The zero-order valence-corrected chi connectivity index (χ0v) is 8.31. The Balaban J connectivity index is 3.92. The third-order valence-electron chi connectivity index (χ3n) is 1.91. The fourth-order valence-corrected chi connectivity index (χ4v) is 0.523. The van der Waals surface area contributed by atoms with Gasteiger partial charge in [0, 0.05) is 5.71 Å². The van der Waals surface area contributed by atoms with Crippen molar-refractivity contribution in [3.63, 3.8) is 0 Å². The number of hydrogen-bond donors (Lipinski definition) is 0. The van der Waals surface area contributed by atoms with Crippen LogP contribution in [0.1, 0.15) is 34.6 Å². The average Bonchev–Trinajstić information content (AvgIpc) is 1.99. The zero-order valence-electron chi connectivity index (χ0n) is 8.31. The molecule has 0 heterocycles. The number of hydrogen-bond acceptors (Lipinski definition) is 1. The number of aliphatic imine (C=N–C) groups is 1. The van der Waals surface area contributed by atoms with Crippen LogP contribution in [0.25, 0.3) is 0 Å². The van der Waals surface area contributed by atoms with Crippen molar-refractivity contribution in [2.24, 2.45) is 10.9 Å². The maximum absolute atomic E-state index is 4.44. The maximum Gasteiger partial charge on any atom is 0.0596 e. The van der Waals surface area contributed by atoms with Crippen molar-refractivity contribution in [1.82, 2.24) is 0 Å². The molecular formula is C10H19N. The highest BCUT2D eigenvalue weighted by atomic mass is 14.7.